The van der Waals surface area contributed by atoms with Gasteiger partial charge in [-0.15, -0.1) is 0 Å². The number of carboxylic acid groups (broad SMARTS) is 1. The Morgan fingerprint density at radius 3 is 2.91 bits per heavy atom. The van der Waals surface area contributed by atoms with Gasteiger partial charge < -0.3 is 20.1 Å². The number of nitrogens with zero attached hydrogens (tertiary/aromatic N) is 4. The molecule has 0 saturated carbocycles. The molecule has 0 amide bonds. The molecule has 0 radical (unpaired) electrons. The highest BCUT2D eigenvalue weighted by Gasteiger charge is 2.42. The standard InChI is InChI=1S/C22H22N6O6S/c1-27-11-13-10-14(2-3-17(13)35(27,32)33)25-19-18-15(5-9-24-20(18)29)28(26-19)22(7-8-23)6-4-16(21(30)31)34-12-22/h2-3,5,9-10,16H,4,6-7,11-12H2,1H3,(H,24,29)(H,25,26)(H,30,31). The Hall–Kier alpha value is -3.73. The van der Waals surface area contributed by atoms with Crippen molar-refractivity contribution in [3.8, 4) is 6.07 Å². The lowest BCUT2D eigenvalue weighted by atomic mass is 9.87. The smallest absolute Gasteiger partial charge is 0.332 e. The minimum Gasteiger partial charge on any atom is -0.479 e. The second-order valence-electron chi connectivity index (χ2n) is 8.77. The minimum atomic E-state index is -3.51. The van der Waals surface area contributed by atoms with E-state index in [1.807, 2.05) is 0 Å². The fourth-order valence-electron chi connectivity index (χ4n) is 4.72. The summed E-state index contributed by atoms with van der Waals surface area (Å²) in [5.41, 5.74) is 0.279. The van der Waals surface area contributed by atoms with E-state index in [9.17, 15) is 28.4 Å². The van der Waals surface area contributed by atoms with E-state index in [0.29, 0.717) is 23.2 Å². The first-order chi connectivity index (χ1) is 16.7. The topological polar surface area (TPSA) is 170 Å². The van der Waals surface area contributed by atoms with Crippen LogP contribution in [0.15, 0.2) is 40.2 Å². The molecule has 2 aromatic heterocycles. The Balaban J connectivity index is 1.58. The van der Waals surface area contributed by atoms with Crippen LogP contribution >= 0.6 is 0 Å². The number of aromatic nitrogens is 3. The number of rotatable bonds is 5. The fraction of sp³-hybridized carbons (Fsp3) is 0.364. The molecule has 4 heterocycles. The molecule has 2 atom stereocenters. The molecule has 12 nitrogen and oxygen atoms in total. The van der Waals surface area contributed by atoms with Crippen molar-refractivity contribution < 1.29 is 23.1 Å². The van der Waals surface area contributed by atoms with E-state index in [1.54, 1.807) is 22.9 Å². The number of H-pyrrole nitrogens is 1. The summed E-state index contributed by atoms with van der Waals surface area (Å²) in [5.74, 6) is -0.836. The normalized spacial score (nSPS) is 23.6. The Morgan fingerprint density at radius 2 is 2.23 bits per heavy atom. The van der Waals surface area contributed by atoms with Crippen LogP contribution in [0.3, 0.4) is 0 Å². The van der Waals surface area contributed by atoms with E-state index >= 15 is 0 Å². The van der Waals surface area contributed by atoms with E-state index in [2.05, 4.69) is 21.5 Å². The maximum Gasteiger partial charge on any atom is 0.332 e. The number of nitriles is 1. The number of fused-ring (bicyclic) bond motifs is 2. The fourth-order valence-corrected chi connectivity index (χ4v) is 6.06. The number of hydrogen-bond acceptors (Lipinski definition) is 8. The van der Waals surface area contributed by atoms with Gasteiger partial charge in [-0.05, 0) is 42.7 Å². The quantitative estimate of drug-likeness (QED) is 0.471. The van der Waals surface area contributed by atoms with Gasteiger partial charge in [0, 0.05) is 25.5 Å². The summed E-state index contributed by atoms with van der Waals surface area (Å²) in [5, 5.41) is 26.9. The number of hydrogen-bond donors (Lipinski definition) is 3. The van der Waals surface area contributed by atoms with Crippen LogP contribution in [0.2, 0.25) is 0 Å². The lowest BCUT2D eigenvalue weighted by molar-refractivity contribution is -0.158. The Morgan fingerprint density at radius 1 is 1.43 bits per heavy atom. The van der Waals surface area contributed by atoms with Crippen molar-refractivity contribution in [1.29, 1.82) is 5.26 Å². The number of aliphatic carboxylic acids is 1. The van der Waals surface area contributed by atoms with Crippen LogP contribution in [0.4, 0.5) is 11.5 Å². The van der Waals surface area contributed by atoms with Gasteiger partial charge in [0.2, 0.25) is 10.0 Å². The van der Waals surface area contributed by atoms with Crippen molar-refractivity contribution in [1.82, 2.24) is 19.1 Å². The molecule has 5 rings (SSSR count). The van der Waals surface area contributed by atoms with Gasteiger partial charge in [-0.2, -0.15) is 14.7 Å². The van der Waals surface area contributed by atoms with Gasteiger partial charge in [-0.25, -0.2) is 13.2 Å². The number of anilines is 2. The van der Waals surface area contributed by atoms with Crippen molar-refractivity contribution >= 4 is 38.4 Å². The number of carbonyl (C=O) groups is 1. The summed E-state index contributed by atoms with van der Waals surface area (Å²) >= 11 is 0. The highest BCUT2D eigenvalue weighted by molar-refractivity contribution is 7.89. The largest absolute Gasteiger partial charge is 0.479 e. The summed E-state index contributed by atoms with van der Waals surface area (Å²) < 4.78 is 33.2. The maximum atomic E-state index is 12.8. The summed E-state index contributed by atoms with van der Waals surface area (Å²) in [7, 11) is -2.00. The molecule has 0 aliphatic carbocycles. The zero-order chi connectivity index (χ0) is 25.0. The van der Waals surface area contributed by atoms with Crippen LogP contribution in [0, 0.1) is 11.3 Å². The number of carboxylic acids is 1. The van der Waals surface area contributed by atoms with Crippen LogP contribution in [-0.2, 0) is 31.6 Å². The second-order valence-corrected chi connectivity index (χ2v) is 10.8. The predicted molar refractivity (Wildman–Crippen MR) is 124 cm³/mol. The number of ether oxygens (including phenoxy) is 1. The highest BCUT2D eigenvalue weighted by atomic mass is 32.2. The van der Waals surface area contributed by atoms with Crippen molar-refractivity contribution in [2.24, 2.45) is 0 Å². The first kappa shape index (κ1) is 23.0. The lowest BCUT2D eigenvalue weighted by Gasteiger charge is -2.38. The van der Waals surface area contributed by atoms with Gasteiger partial charge in [0.05, 0.1) is 35.0 Å². The number of pyridine rings is 1. The highest BCUT2D eigenvalue weighted by Crippen LogP contribution is 2.38. The molecule has 13 heteroatoms. The number of sulfonamides is 1. The molecule has 1 saturated heterocycles. The molecule has 0 bridgehead atoms. The number of aromatic amines is 1. The van der Waals surface area contributed by atoms with Gasteiger partial charge in [-0.1, -0.05) is 0 Å². The van der Waals surface area contributed by atoms with E-state index in [4.69, 9.17) is 4.74 Å². The average Bonchev–Trinajstić information content (AvgIpc) is 3.29. The van der Waals surface area contributed by atoms with Crippen LogP contribution in [0.5, 0.6) is 0 Å². The minimum absolute atomic E-state index is 0.00535. The van der Waals surface area contributed by atoms with E-state index in [0.717, 1.165) is 0 Å². The molecular weight excluding hydrogens is 476 g/mol. The molecule has 182 valence electrons. The lowest BCUT2D eigenvalue weighted by Crippen LogP contribution is -2.46. The second kappa shape index (κ2) is 8.19. The first-order valence-electron chi connectivity index (χ1n) is 10.8. The van der Waals surface area contributed by atoms with Crippen molar-refractivity contribution in [2.45, 2.75) is 42.3 Å². The molecule has 35 heavy (non-hydrogen) atoms. The molecular formula is C22H22N6O6S. The third-order valence-electron chi connectivity index (χ3n) is 6.57. The van der Waals surface area contributed by atoms with Gasteiger partial charge in [0.15, 0.2) is 11.9 Å². The molecule has 1 aromatic carbocycles. The van der Waals surface area contributed by atoms with Crippen LogP contribution in [0.25, 0.3) is 10.9 Å². The van der Waals surface area contributed by atoms with Crippen LogP contribution in [-0.4, -0.2) is 58.3 Å². The molecule has 3 N–H and O–H groups in total. The van der Waals surface area contributed by atoms with Crippen LogP contribution < -0.4 is 10.9 Å². The molecule has 2 aliphatic heterocycles. The van der Waals surface area contributed by atoms with Crippen LogP contribution in [0.1, 0.15) is 24.8 Å². The Labute approximate surface area is 199 Å². The third kappa shape index (κ3) is 3.66. The van der Waals surface area contributed by atoms with Gasteiger partial charge >= 0.3 is 5.97 Å². The van der Waals surface area contributed by atoms with Crippen molar-refractivity contribution in [2.75, 3.05) is 19.0 Å². The van der Waals surface area contributed by atoms with E-state index < -0.39 is 33.2 Å². The SMILES string of the molecule is CN1Cc2cc(Nc3nn(C4(CC#N)CCC(C(=O)O)OC4)c4cc[nH]c(=O)c34)ccc2S1(=O)=O. The van der Waals surface area contributed by atoms with E-state index in [1.165, 1.54) is 23.6 Å². The van der Waals surface area contributed by atoms with Crippen molar-refractivity contribution in [3.63, 3.8) is 0 Å². The molecule has 3 aromatic rings. The van der Waals surface area contributed by atoms with Gasteiger partial charge in [0.25, 0.3) is 5.56 Å². The summed E-state index contributed by atoms with van der Waals surface area (Å²) in [4.78, 5) is 27.0. The molecule has 2 aliphatic rings. The number of nitrogens with one attached hydrogen (secondary N) is 2. The summed E-state index contributed by atoms with van der Waals surface area (Å²) in [6.07, 6.45) is 1.03. The first-order valence-corrected chi connectivity index (χ1v) is 12.3. The third-order valence-corrected chi connectivity index (χ3v) is 8.47. The Kier molecular flexibility index (Phi) is 5.39. The zero-order valence-electron chi connectivity index (χ0n) is 18.7. The zero-order valence-corrected chi connectivity index (χ0v) is 19.5. The van der Waals surface area contributed by atoms with Crippen molar-refractivity contribution in [3.05, 3.63) is 46.4 Å². The number of benzene rings is 1. The molecule has 1 fully saturated rings. The monoisotopic (exact) mass is 498 g/mol. The predicted octanol–water partition coefficient (Wildman–Crippen LogP) is 1.47. The van der Waals surface area contributed by atoms with E-state index in [-0.39, 0.29) is 42.1 Å². The van der Waals surface area contributed by atoms with Gasteiger partial charge in [0.1, 0.15) is 5.39 Å². The maximum absolute atomic E-state index is 12.8. The summed E-state index contributed by atoms with van der Waals surface area (Å²) in [6, 6.07) is 8.62. The molecule has 0 spiro atoms. The molecule has 2 unspecified atom stereocenters. The van der Waals surface area contributed by atoms with Gasteiger partial charge in [-0.3, -0.25) is 9.48 Å². The summed E-state index contributed by atoms with van der Waals surface area (Å²) in [6.45, 7) is 0.180. The average molecular weight is 499 g/mol. The Bertz CT molecular complexity index is 1540.